The first-order valence-corrected chi connectivity index (χ1v) is 6.74. The predicted molar refractivity (Wildman–Crippen MR) is 69.2 cm³/mol. The lowest BCUT2D eigenvalue weighted by molar-refractivity contribution is 0.203. The van der Waals surface area contributed by atoms with Gasteiger partial charge in [0, 0.05) is 11.6 Å². The van der Waals surface area contributed by atoms with E-state index in [0.717, 1.165) is 9.88 Å². The van der Waals surface area contributed by atoms with Gasteiger partial charge in [0.05, 0.1) is 11.0 Å². The molecule has 0 spiro atoms. The van der Waals surface area contributed by atoms with Crippen molar-refractivity contribution in [2.75, 3.05) is 0 Å². The summed E-state index contributed by atoms with van der Waals surface area (Å²) in [4.78, 5) is 5.47. The Bertz CT molecular complexity index is 514. The average molecular weight is 245 g/mol. The van der Waals surface area contributed by atoms with E-state index in [9.17, 15) is 5.11 Å². The Labute approximate surface area is 105 Å². The Morgan fingerprint density at radius 1 is 1.29 bits per heavy atom. The van der Waals surface area contributed by atoms with Crippen LogP contribution in [-0.2, 0) is 5.41 Å². The van der Waals surface area contributed by atoms with Crippen LogP contribution in [0.15, 0.2) is 36.5 Å². The van der Waals surface area contributed by atoms with Crippen molar-refractivity contribution < 1.29 is 5.11 Å². The molecule has 88 valence electrons. The molecule has 1 fully saturated rings. The number of hydrogen-bond donors (Lipinski definition) is 1. The number of thiazole rings is 1. The fourth-order valence-corrected chi connectivity index (χ4v) is 3.33. The van der Waals surface area contributed by atoms with E-state index in [1.165, 1.54) is 18.4 Å². The van der Waals surface area contributed by atoms with Gasteiger partial charge in [0.25, 0.3) is 0 Å². The molecule has 3 rings (SSSR count). The summed E-state index contributed by atoms with van der Waals surface area (Å²) in [5.41, 5.74) is 1.49. The highest BCUT2D eigenvalue weighted by atomic mass is 32.1. The minimum absolute atomic E-state index is 0.138. The number of hydrogen-bond acceptors (Lipinski definition) is 3. The van der Waals surface area contributed by atoms with E-state index in [2.05, 4.69) is 29.2 Å². The Balaban J connectivity index is 1.98. The molecule has 0 saturated heterocycles. The summed E-state index contributed by atoms with van der Waals surface area (Å²) in [6.45, 7) is 1.79. The van der Waals surface area contributed by atoms with Crippen LogP contribution in [0.3, 0.4) is 0 Å². The summed E-state index contributed by atoms with van der Waals surface area (Å²) < 4.78 is 0. The van der Waals surface area contributed by atoms with Crippen LogP contribution in [0.2, 0.25) is 0 Å². The van der Waals surface area contributed by atoms with Gasteiger partial charge in [-0.25, -0.2) is 4.98 Å². The molecule has 17 heavy (non-hydrogen) atoms. The monoisotopic (exact) mass is 245 g/mol. The molecule has 1 aromatic heterocycles. The third kappa shape index (κ3) is 1.79. The molecule has 1 N–H and O–H groups in total. The Kier molecular flexibility index (Phi) is 2.53. The van der Waals surface area contributed by atoms with Crippen molar-refractivity contribution in [3.8, 4) is 0 Å². The number of rotatable bonds is 3. The van der Waals surface area contributed by atoms with Crippen LogP contribution in [0.5, 0.6) is 0 Å². The molecule has 0 aliphatic heterocycles. The van der Waals surface area contributed by atoms with E-state index < -0.39 is 6.10 Å². The second-order valence-electron chi connectivity index (χ2n) is 4.69. The lowest BCUT2D eigenvalue weighted by Gasteiger charge is -2.12. The lowest BCUT2D eigenvalue weighted by Crippen LogP contribution is -2.07. The minimum Gasteiger partial charge on any atom is -0.388 e. The van der Waals surface area contributed by atoms with Gasteiger partial charge in [-0.05, 0) is 25.3 Å². The molecule has 0 bridgehead atoms. The quantitative estimate of drug-likeness (QED) is 0.900. The van der Waals surface area contributed by atoms with Crippen molar-refractivity contribution in [2.45, 2.75) is 31.3 Å². The smallest absolute Gasteiger partial charge is 0.103 e. The predicted octanol–water partition coefficient (Wildman–Crippen LogP) is 3.28. The number of aliphatic hydroxyl groups excluding tert-OH is 1. The molecule has 2 nitrogen and oxygen atoms in total. The van der Waals surface area contributed by atoms with Gasteiger partial charge in [-0.3, -0.25) is 0 Å². The van der Waals surface area contributed by atoms with Crippen LogP contribution in [0.25, 0.3) is 0 Å². The first kappa shape index (κ1) is 10.9. The fourth-order valence-electron chi connectivity index (χ4n) is 2.21. The zero-order chi connectivity index (χ0) is 11.9. The Morgan fingerprint density at radius 3 is 2.53 bits per heavy atom. The third-order valence-electron chi connectivity index (χ3n) is 3.42. The number of aliphatic hydroxyl groups is 1. The van der Waals surface area contributed by atoms with Crippen molar-refractivity contribution in [1.82, 2.24) is 4.98 Å². The Morgan fingerprint density at radius 2 is 2.00 bits per heavy atom. The minimum atomic E-state index is -0.409. The van der Waals surface area contributed by atoms with Crippen molar-refractivity contribution >= 4 is 11.3 Å². The van der Waals surface area contributed by atoms with Crippen molar-refractivity contribution in [1.29, 1.82) is 0 Å². The molecule has 0 radical (unpaired) electrons. The van der Waals surface area contributed by atoms with Crippen LogP contribution < -0.4 is 0 Å². The van der Waals surface area contributed by atoms with Crippen molar-refractivity contribution in [3.05, 3.63) is 52.0 Å². The van der Waals surface area contributed by atoms with Crippen LogP contribution in [-0.4, -0.2) is 10.1 Å². The molecule has 1 heterocycles. The van der Waals surface area contributed by atoms with Crippen molar-refractivity contribution in [3.63, 3.8) is 0 Å². The summed E-state index contributed by atoms with van der Waals surface area (Å²) >= 11 is 1.64. The number of nitrogens with zero attached hydrogens (tertiary/aromatic N) is 1. The first-order chi connectivity index (χ1) is 8.22. The molecule has 1 aliphatic carbocycles. The van der Waals surface area contributed by atoms with Gasteiger partial charge in [-0.2, -0.15) is 0 Å². The topological polar surface area (TPSA) is 33.1 Å². The summed E-state index contributed by atoms with van der Waals surface area (Å²) in [5.74, 6) is 0. The lowest BCUT2D eigenvalue weighted by atomic mass is 9.97. The number of benzene rings is 1. The summed E-state index contributed by atoms with van der Waals surface area (Å²) in [5, 5.41) is 10.7. The van der Waals surface area contributed by atoms with E-state index in [1.54, 1.807) is 18.3 Å². The van der Waals surface area contributed by atoms with Crippen molar-refractivity contribution in [2.24, 2.45) is 0 Å². The van der Waals surface area contributed by atoms with Gasteiger partial charge in [-0.1, -0.05) is 30.3 Å². The van der Waals surface area contributed by atoms with Crippen LogP contribution in [0, 0.1) is 0 Å². The zero-order valence-electron chi connectivity index (χ0n) is 9.76. The van der Waals surface area contributed by atoms with Crippen LogP contribution in [0.1, 0.15) is 41.3 Å². The SMILES string of the molecule is CC(O)c1cnc(C2(c3ccccc3)CC2)s1. The van der Waals surface area contributed by atoms with E-state index in [1.807, 2.05) is 12.3 Å². The van der Waals surface area contributed by atoms with E-state index >= 15 is 0 Å². The molecule has 3 heteroatoms. The molecular weight excluding hydrogens is 230 g/mol. The second-order valence-corrected chi connectivity index (χ2v) is 5.75. The van der Waals surface area contributed by atoms with E-state index in [-0.39, 0.29) is 5.41 Å². The zero-order valence-corrected chi connectivity index (χ0v) is 10.6. The maximum absolute atomic E-state index is 9.56. The van der Waals surface area contributed by atoms with Gasteiger partial charge in [0.1, 0.15) is 5.01 Å². The summed E-state index contributed by atoms with van der Waals surface area (Å²) in [7, 11) is 0. The van der Waals surface area contributed by atoms with Gasteiger partial charge in [-0.15, -0.1) is 11.3 Å². The summed E-state index contributed by atoms with van der Waals surface area (Å²) in [6.07, 6.45) is 3.74. The third-order valence-corrected chi connectivity index (χ3v) is 4.79. The Hall–Kier alpha value is -1.19. The molecule has 1 aliphatic rings. The van der Waals surface area contributed by atoms with E-state index in [4.69, 9.17) is 0 Å². The molecule has 1 unspecified atom stereocenters. The molecule has 1 aromatic carbocycles. The highest BCUT2D eigenvalue weighted by Gasteiger charge is 2.48. The van der Waals surface area contributed by atoms with E-state index in [0.29, 0.717) is 0 Å². The number of aromatic nitrogens is 1. The standard InChI is InChI=1S/C14H15NOS/c1-10(16)12-9-15-13(17-12)14(7-8-14)11-5-3-2-4-6-11/h2-6,9-10,16H,7-8H2,1H3. The molecular formula is C14H15NOS. The maximum Gasteiger partial charge on any atom is 0.103 e. The van der Waals surface area contributed by atoms with Gasteiger partial charge >= 0.3 is 0 Å². The van der Waals surface area contributed by atoms with Gasteiger partial charge in [0.2, 0.25) is 0 Å². The molecule has 1 saturated carbocycles. The normalized spacial score (nSPS) is 18.9. The largest absolute Gasteiger partial charge is 0.388 e. The highest BCUT2D eigenvalue weighted by molar-refractivity contribution is 7.11. The first-order valence-electron chi connectivity index (χ1n) is 5.92. The van der Waals surface area contributed by atoms with Gasteiger partial charge < -0.3 is 5.11 Å². The summed E-state index contributed by atoms with van der Waals surface area (Å²) in [6, 6.07) is 10.6. The van der Waals surface area contributed by atoms with Crippen LogP contribution >= 0.6 is 11.3 Å². The maximum atomic E-state index is 9.56. The average Bonchev–Trinajstić information content (AvgIpc) is 3.00. The molecule has 1 atom stereocenters. The second kappa shape index (κ2) is 3.93. The van der Waals surface area contributed by atoms with Gasteiger partial charge in [0.15, 0.2) is 0 Å². The highest BCUT2D eigenvalue weighted by Crippen LogP contribution is 2.54. The molecule has 0 amide bonds. The molecule has 2 aromatic rings. The fraction of sp³-hybridized carbons (Fsp3) is 0.357. The van der Waals surface area contributed by atoms with Crippen LogP contribution in [0.4, 0.5) is 0 Å².